The first kappa shape index (κ1) is 17.3. The van der Waals surface area contributed by atoms with Gasteiger partial charge in [-0.1, -0.05) is 54.1 Å². The predicted molar refractivity (Wildman–Crippen MR) is 106 cm³/mol. The molecule has 0 atom stereocenters. The number of anilines is 1. The first-order valence-electron chi connectivity index (χ1n) is 8.67. The van der Waals surface area contributed by atoms with E-state index in [4.69, 9.17) is 11.6 Å². The molecular formula is C20H18ClN5O. The minimum absolute atomic E-state index is 0.115. The summed E-state index contributed by atoms with van der Waals surface area (Å²) < 4.78 is 3.55. The molecule has 2 heterocycles. The Balaban J connectivity index is 1.36. The Morgan fingerprint density at radius 2 is 1.78 bits per heavy atom. The Kier molecular flexibility index (Phi) is 4.89. The minimum Gasteiger partial charge on any atom is -0.309 e. The number of fused-ring (bicyclic) bond motifs is 1. The van der Waals surface area contributed by atoms with Crippen LogP contribution in [0.25, 0.3) is 10.9 Å². The third-order valence-corrected chi connectivity index (χ3v) is 4.54. The molecule has 1 N–H and O–H groups in total. The lowest BCUT2D eigenvalue weighted by Crippen LogP contribution is -2.15. The van der Waals surface area contributed by atoms with Gasteiger partial charge in [-0.25, -0.2) is 0 Å². The van der Waals surface area contributed by atoms with Crippen LogP contribution in [0.1, 0.15) is 12.0 Å². The Bertz CT molecular complexity index is 1070. The van der Waals surface area contributed by atoms with Crippen LogP contribution < -0.4 is 5.32 Å². The molecule has 0 unspecified atom stereocenters. The van der Waals surface area contributed by atoms with Crippen molar-refractivity contribution < 1.29 is 4.79 Å². The van der Waals surface area contributed by atoms with E-state index in [0.717, 1.165) is 16.5 Å². The van der Waals surface area contributed by atoms with E-state index in [1.54, 1.807) is 15.4 Å². The maximum atomic E-state index is 12.3. The van der Waals surface area contributed by atoms with Gasteiger partial charge in [0.1, 0.15) is 0 Å². The van der Waals surface area contributed by atoms with Gasteiger partial charge in [-0.05, 0) is 17.7 Å². The molecule has 0 radical (unpaired) electrons. The van der Waals surface area contributed by atoms with Gasteiger partial charge in [0, 0.05) is 24.1 Å². The molecule has 0 saturated heterocycles. The third-order valence-electron chi connectivity index (χ3n) is 4.26. The van der Waals surface area contributed by atoms with Crippen molar-refractivity contribution in [1.82, 2.24) is 19.6 Å². The van der Waals surface area contributed by atoms with Gasteiger partial charge in [-0.2, -0.15) is 10.2 Å². The normalized spacial score (nSPS) is 11.0. The van der Waals surface area contributed by atoms with E-state index in [1.165, 1.54) is 0 Å². The van der Waals surface area contributed by atoms with Crippen LogP contribution in [0.15, 0.2) is 66.9 Å². The SMILES string of the molecule is O=C(CCn1nc(Cl)c2ccccc21)Nc1ccn(Cc2ccccc2)n1. The monoisotopic (exact) mass is 379 g/mol. The molecular weight excluding hydrogens is 362 g/mol. The molecule has 0 fully saturated rings. The van der Waals surface area contributed by atoms with Crippen molar-refractivity contribution in [2.75, 3.05) is 5.32 Å². The summed E-state index contributed by atoms with van der Waals surface area (Å²) in [6.07, 6.45) is 2.14. The summed E-state index contributed by atoms with van der Waals surface area (Å²) in [4.78, 5) is 12.3. The van der Waals surface area contributed by atoms with E-state index in [2.05, 4.69) is 15.5 Å². The highest BCUT2D eigenvalue weighted by Gasteiger charge is 2.10. The van der Waals surface area contributed by atoms with Crippen LogP contribution in [0.3, 0.4) is 0 Å². The molecule has 0 aliphatic carbocycles. The van der Waals surface area contributed by atoms with E-state index in [1.807, 2.05) is 60.8 Å². The second-order valence-electron chi connectivity index (χ2n) is 6.21. The number of aromatic nitrogens is 4. The molecule has 2 aromatic carbocycles. The highest BCUT2D eigenvalue weighted by molar-refractivity contribution is 6.34. The number of aryl methyl sites for hydroxylation is 1. The average Bonchev–Trinajstić information content (AvgIpc) is 3.25. The van der Waals surface area contributed by atoms with Crippen LogP contribution >= 0.6 is 11.6 Å². The summed E-state index contributed by atoms with van der Waals surface area (Å²) in [5, 5.41) is 12.9. The molecule has 0 spiro atoms. The van der Waals surface area contributed by atoms with Gasteiger partial charge < -0.3 is 5.32 Å². The Hall–Kier alpha value is -3.12. The number of carbonyl (C=O) groups excluding carboxylic acids is 1. The molecule has 0 bridgehead atoms. The number of hydrogen-bond acceptors (Lipinski definition) is 3. The second-order valence-corrected chi connectivity index (χ2v) is 6.57. The second kappa shape index (κ2) is 7.63. The van der Waals surface area contributed by atoms with Crippen molar-refractivity contribution in [3.05, 3.63) is 77.6 Å². The minimum atomic E-state index is -0.115. The summed E-state index contributed by atoms with van der Waals surface area (Å²) >= 11 is 6.15. The molecule has 4 aromatic rings. The maximum absolute atomic E-state index is 12.3. The topological polar surface area (TPSA) is 64.7 Å². The first-order chi connectivity index (χ1) is 13.2. The summed E-state index contributed by atoms with van der Waals surface area (Å²) in [6, 6.07) is 19.5. The molecule has 0 saturated carbocycles. The predicted octanol–water partition coefficient (Wildman–Crippen LogP) is 3.96. The van der Waals surface area contributed by atoms with E-state index < -0.39 is 0 Å². The fourth-order valence-electron chi connectivity index (χ4n) is 2.96. The molecule has 7 heteroatoms. The van der Waals surface area contributed by atoms with E-state index in [0.29, 0.717) is 24.1 Å². The molecule has 0 aliphatic rings. The van der Waals surface area contributed by atoms with Gasteiger partial charge in [-0.15, -0.1) is 0 Å². The highest BCUT2D eigenvalue weighted by Crippen LogP contribution is 2.22. The zero-order valence-electron chi connectivity index (χ0n) is 14.5. The van der Waals surface area contributed by atoms with Crippen LogP contribution in [-0.4, -0.2) is 25.5 Å². The van der Waals surface area contributed by atoms with Crippen LogP contribution in [0.4, 0.5) is 5.82 Å². The number of rotatable bonds is 6. The van der Waals surface area contributed by atoms with E-state index >= 15 is 0 Å². The Labute approximate surface area is 161 Å². The first-order valence-corrected chi connectivity index (χ1v) is 9.05. The quantitative estimate of drug-likeness (QED) is 0.551. The van der Waals surface area contributed by atoms with Crippen molar-refractivity contribution in [2.45, 2.75) is 19.5 Å². The molecule has 136 valence electrons. The number of nitrogens with zero attached hydrogens (tertiary/aromatic N) is 4. The third kappa shape index (κ3) is 4.01. The van der Waals surface area contributed by atoms with Crippen molar-refractivity contribution in [2.24, 2.45) is 0 Å². The Morgan fingerprint density at radius 3 is 2.63 bits per heavy atom. The molecule has 27 heavy (non-hydrogen) atoms. The maximum Gasteiger partial charge on any atom is 0.227 e. The van der Waals surface area contributed by atoms with Crippen molar-refractivity contribution >= 4 is 34.2 Å². The smallest absolute Gasteiger partial charge is 0.227 e. The number of carbonyl (C=O) groups is 1. The van der Waals surface area contributed by atoms with Gasteiger partial charge in [0.05, 0.1) is 18.6 Å². The molecule has 2 aromatic heterocycles. The summed E-state index contributed by atoms with van der Waals surface area (Å²) in [7, 11) is 0. The number of halogens is 1. The molecule has 1 amide bonds. The van der Waals surface area contributed by atoms with Gasteiger partial charge in [0.15, 0.2) is 11.0 Å². The molecule has 6 nitrogen and oxygen atoms in total. The van der Waals surface area contributed by atoms with Crippen molar-refractivity contribution in [3.63, 3.8) is 0 Å². The number of hydrogen-bond donors (Lipinski definition) is 1. The average molecular weight is 380 g/mol. The van der Waals surface area contributed by atoms with E-state index in [-0.39, 0.29) is 12.3 Å². The fourth-order valence-corrected chi connectivity index (χ4v) is 3.21. The number of amides is 1. The van der Waals surface area contributed by atoms with Crippen molar-refractivity contribution in [1.29, 1.82) is 0 Å². The molecule has 4 rings (SSSR count). The summed E-state index contributed by atoms with van der Waals surface area (Å²) in [5.41, 5.74) is 2.07. The summed E-state index contributed by atoms with van der Waals surface area (Å²) in [6.45, 7) is 1.11. The lowest BCUT2D eigenvalue weighted by atomic mass is 10.2. The lowest BCUT2D eigenvalue weighted by molar-refractivity contribution is -0.116. The fraction of sp³-hybridized carbons (Fsp3) is 0.150. The van der Waals surface area contributed by atoms with Crippen LogP contribution in [-0.2, 0) is 17.9 Å². The number of benzene rings is 2. The zero-order chi connectivity index (χ0) is 18.6. The van der Waals surface area contributed by atoms with Gasteiger partial charge in [0.25, 0.3) is 0 Å². The largest absolute Gasteiger partial charge is 0.309 e. The van der Waals surface area contributed by atoms with Crippen molar-refractivity contribution in [3.8, 4) is 0 Å². The highest BCUT2D eigenvalue weighted by atomic mass is 35.5. The van der Waals surface area contributed by atoms with Gasteiger partial charge in [-0.3, -0.25) is 14.2 Å². The van der Waals surface area contributed by atoms with Gasteiger partial charge in [0.2, 0.25) is 5.91 Å². The molecule has 0 aliphatic heterocycles. The van der Waals surface area contributed by atoms with Crippen LogP contribution in [0, 0.1) is 0 Å². The summed E-state index contributed by atoms with van der Waals surface area (Å²) in [5.74, 6) is 0.426. The van der Waals surface area contributed by atoms with Gasteiger partial charge >= 0.3 is 0 Å². The number of para-hydroxylation sites is 1. The number of nitrogens with one attached hydrogen (secondary N) is 1. The van der Waals surface area contributed by atoms with E-state index in [9.17, 15) is 4.79 Å². The standard InChI is InChI=1S/C20H18ClN5O/c21-20-16-8-4-5-9-17(16)26(24-20)13-11-19(27)22-18-10-12-25(23-18)14-15-6-2-1-3-7-15/h1-10,12H,11,13-14H2,(H,22,23,27). The van der Waals surface area contributed by atoms with Crippen LogP contribution in [0.2, 0.25) is 5.15 Å². The zero-order valence-corrected chi connectivity index (χ0v) is 15.3. The lowest BCUT2D eigenvalue weighted by Gasteiger charge is -2.04. The van der Waals surface area contributed by atoms with Crippen LogP contribution in [0.5, 0.6) is 0 Å². The Morgan fingerprint density at radius 1 is 1.00 bits per heavy atom.